The third-order valence-corrected chi connectivity index (χ3v) is 6.15. The first-order valence-corrected chi connectivity index (χ1v) is 9.87. The zero-order valence-corrected chi connectivity index (χ0v) is 15.8. The largest absolute Gasteiger partial charge is 0.488 e. The minimum Gasteiger partial charge on any atom is -0.488 e. The molecule has 29 heavy (non-hydrogen) atoms. The van der Waals surface area contributed by atoms with Crippen LogP contribution >= 0.6 is 0 Å². The molecule has 0 bridgehead atoms. The maximum Gasteiger partial charge on any atom is 0.433 e. The number of aryl methyl sites for hydroxylation is 1. The molecule has 1 aromatic carbocycles. The molecule has 0 saturated heterocycles. The van der Waals surface area contributed by atoms with Crippen LogP contribution < -0.4 is 9.46 Å². The molecule has 12 heteroatoms. The number of nitrogens with one attached hydrogen (secondary N) is 1. The lowest BCUT2D eigenvalue weighted by Gasteiger charge is -2.17. The summed E-state index contributed by atoms with van der Waals surface area (Å²) >= 11 is 0. The van der Waals surface area contributed by atoms with Gasteiger partial charge in [0.1, 0.15) is 28.3 Å². The summed E-state index contributed by atoms with van der Waals surface area (Å²) in [5, 5.41) is 3.73. The molecule has 1 aliphatic rings. The van der Waals surface area contributed by atoms with Crippen LogP contribution in [0.3, 0.4) is 0 Å². The molecule has 2 unspecified atom stereocenters. The molecule has 0 amide bonds. The van der Waals surface area contributed by atoms with Crippen molar-refractivity contribution in [1.82, 2.24) is 19.3 Å². The van der Waals surface area contributed by atoms with E-state index in [9.17, 15) is 26.0 Å². The Labute approximate surface area is 162 Å². The normalized spacial score (nSPS) is 19.4. The number of ether oxygens (including phenoxy) is 1. The zero-order chi connectivity index (χ0) is 21.1. The lowest BCUT2D eigenvalue weighted by Crippen LogP contribution is -2.34. The minimum absolute atomic E-state index is 0.146. The first-order valence-electron chi connectivity index (χ1n) is 8.39. The van der Waals surface area contributed by atoms with Gasteiger partial charge in [-0.05, 0) is 26.0 Å². The lowest BCUT2D eigenvalue weighted by molar-refractivity contribution is -0.142. The quantitative estimate of drug-likeness (QED) is 0.646. The Morgan fingerprint density at radius 3 is 2.66 bits per heavy atom. The van der Waals surface area contributed by atoms with Gasteiger partial charge < -0.3 is 4.74 Å². The lowest BCUT2D eigenvalue weighted by atomic mass is 10.1. The van der Waals surface area contributed by atoms with Crippen molar-refractivity contribution >= 4 is 15.7 Å². The predicted molar refractivity (Wildman–Crippen MR) is 92.3 cm³/mol. The molecule has 0 aliphatic carbocycles. The Hall–Kier alpha value is -2.73. The summed E-state index contributed by atoms with van der Waals surface area (Å²) in [6.45, 7) is 2.87. The zero-order valence-electron chi connectivity index (χ0n) is 15.0. The van der Waals surface area contributed by atoms with E-state index in [1.165, 1.54) is 19.1 Å². The van der Waals surface area contributed by atoms with Crippen molar-refractivity contribution in [2.45, 2.75) is 37.1 Å². The topological polar surface area (TPSA) is 85.6 Å². The molecule has 3 aromatic rings. The molecule has 0 saturated carbocycles. The van der Waals surface area contributed by atoms with E-state index in [1.807, 2.05) is 0 Å². The number of nitrogens with zero attached hydrogens (tertiary/aromatic N) is 3. The third kappa shape index (κ3) is 3.21. The maximum atomic E-state index is 13.4. The van der Waals surface area contributed by atoms with Crippen molar-refractivity contribution in [3.8, 4) is 5.75 Å². The molecule has 0 spiro atoms. The van der Waals surface area contributed by atoms with E-state index in [-0.39, 0.29) is 11.4 Å². The third-order valence-electron chi connectivity index (χ3n) is 4.57. The number of rotatable bonds is 3. The fourth-order valence-electron chi connectivity index (χ4n) is 3.33. The monoisotopic (exact) mass is 430 g/mol. The van der Waals surface area contributed by atoms with Crippen LogP contribution in [0.4, 0.5) is 17.6 Å². The Morgan fingerprint density at radius 1 is 1.24 bits per heavy atom. The Bertz CT molecular complexity index is 1220. The molecular weight excluding hydrogens is 416 g/mol. The molecular formula is C17H14F4N4O3S. The number of fused-ring (bicyclic) bond motifs is 2. The molecule has 154 valence electrons. The molecule has 0 fully saturated rings. The maximum absolute atomic E-state index is 13.4. The van der Waals surface area contributed by atoms with Crippen LogP contribution in [0.5, 0.6) is 5.75 Å². The van der Waals surface area contributed by atoms with E-state index >= 15 is 0 Å². The molecule has 1 aliphatic heterocycles. The number of benzene rings is 1. The van der Waals surface area contributed by atoms with E-state index < -0.39 is 50.4 Å². The van der Waals surface area contributed by atoms with Crippen LogP contribution in [0.25, 0.3) is 5.65 Å². The molecule has 1 N–H and O–H groups in total. The number of halogens is 4. The summed E-state index contributed by atoms with van der Waals surface area (Å²) in [7, 11) is -4.34. The SMILES string of the molecule is Cc1nn2c(C(F)(F)F)ccnc2c1S(=O)(=O)NC1c2ccc(F)cc2OC1C. The van der Waals surface area contributed by atoms with Gasteiger partial charge in [-0.3, -0.25) is 0 Å². The standard InChI is InChI=1S/C17H14F4N4O3S/c1-8-15(16-22-6-5-13(17(19,20)21)25(16)23-8)29(26,27)24-14-9(2)28-12-7-10(18)3-4-11(12)14/h3-7,9,14,24H,1-2H3. The predicted octanol–water partition coefficient (Wildman–Crippen LogP) is 3.00. The molecule has 0 radical (unpaired) electrons. The van der Waals surface area contributed by atoms with Gasteiger partial charge in [-0.2, -0.15) is 23.0 Å². The van der Waals surface area contributed by atoms with E-state index in [4.69, 9.17) is 4.74 Å². The summed E-state index contributed by atoms with van der Waals surface area (Å²) in [6.07, 6.45) is -4.54. The van der Waals surface area contributed by atoms with Gasteiger partial charge in [-0.1, -0.05) is 6.07 Å². The van der Waals surface area contributed by atoms with E-state index in [1.54, 1.807) is 6.92 Å². The molecule has 3 heterocycles. The van der Waals surface area contributed by atoms with Crippen molar-refractivity contribution < 1.29 is 30.7 Å². The number of hydrogen-bond acceptors (Lipinski definition) is 5. The molecule has 4 rings (SSSR count). The molecule has 7 nitrogen and oxygen atoms in total. The Kier molecular flexibility index (Phi) is 4.31. The van der Waals surface area contributed by atoms with E-state index in [0.29, 0.717) is 16.1 Å². The van der Waals surface area contributed by atoms with Crippen molar-refractivity contribution in [2.24, 2.45) is 0 Å². The average molecular weight is 430 g/mol. The summed E-state index contributed by atoms with van der Waals surface area (Å²) in [5.74, 6) is -0.346. The van der Waals surface area contributed by atoms with Crippen molar-refractivity contribution in [2.75, 3.05) is 0 Å². The Balaban J connectivity index is 1.80. The smallest absolute Gasteiger partial charge is 0.433 e. The second-order valence-electron chi connectivity index (χ2n) is 6.58. The fraction of sp³-hybridized carbons (Fsp3) is 0.294. The number of hydrogen-bond donors (Lipinski definition) is 1. The highest BCUT2D eigenvalue weighted by molar-refractivity contribution is 7.89. The first kappa shape index (κ1) is 19.6. The molecule has 2 atom stereocenters. The summed E-state index contributed by atoms with van der Waals surface area (Å²) < 4.78 is 87.6. The van der Waals surface area contributed by atoms with Gasteiger partial charge in [0.25, 0.3) is 0 Å². The van der Waals surface area contributed by atoms with Gasteiger partial charge in [-0.25, -0.2) is 22.3 Å². The average Bonchev–Trinajstić information content (AvgIpc) is 3.09. The second kappa shape index (κ2) is 6.39. The van der Waals surface area contributed by atoms with Gasteiger partial charge in [0.2, 0.25) is 10.0 Å². The van der Waals surface area contributed by atoms with Crippen LogP contribution in [0.1, 0.15) is 29.9 Å². The van der Waals surface area contributed by atoms with Crippen LogP contribution in [0.15, 0.2) is 35.4 Å². The second-order valence-corrected chi connectivity index (χ2v) is 8.23. The van der Waals surface area contributed by atoms with Gasteiger partial charge in [-0.15, -0.1) is 0 Å². The van der Waals surface area contributed by atoms with Gasteiger partial charge in [0.05, 0.1) is 11.7 Å². The van der Waals surface area contributed by atoms with Crippen LogP contribution in [0, 0.1) is 12.7 Å². The minimum atomic E-state index is -4.75. The Morgan fingerprint density at radius 2 is 1.97 bits per heavy atom. The van der Waals surface area contributed by atoms with Crippen molar-refractivity contribution in [1.29, 1.82) is 0 Å². The number of aromatic nitrogens is 3. The van der Waals surface area contributed by atoms with E-state index in [2.05, 4.69) is 14.8 Å². The van der Waals surface area contributed by atoms with Gasteiger partial charge in [0.15, 0.2) is 5.65 Å². The number of sulfonamides is 1. The van der Waals surface area contributed by atoms with Crippen LogP contribution in [-0.2, 0) is 16.2 Å². The van der Waals surface area contributed by atoms with Crippen molar-refractivity contribution in [3.05, 3.63) is 53.2 Å². The van der Waals surface area contributed by atoms with Crippen LogP contribution in [-0.4, -0.2) is 29.1 Å². The summed E-state index contributed by atoms with van der Waals surface area (Å²) in [5.41, 5.74) is -1.32. The van der Waals surface area contributed by atoms with Crippen molar-refractivity contribution in [3.63, 3.8) is 0 Å². The highest BCUT2D eigenvalue weighted by Crippen LogP contribution is 2.38. The van der Waals surface area contributed by atoms with Gasteiger partial charge >= 0.3 is 6.18 Å². The summed E-state index contributed by atoms with van der Waals surface area (Å²) in [6, 6.07) is 3.54. The van der Waals surface area contributed by atoms with Crippen LogP contribution in [0.2, 0.25) is 0 Å². The number of alkyl halides is 3. The summed E-state index contributed by atoms with van der Waals surface area (Å²) in [4.78, 5) is 3.33. The first-order chi connectivity index (χ1) is 13.5. The highest BCUT2D eigenvalue weighted by Gasteiger charge is 2.39. The fourth-order valence-corrected chi connectivity index (χ4v) is 4.91. The van der Waals surface area contributed by atoms with Gasteiger partial charge in [0, 0.05) is 17.8 Å². The van der Waals surface area contributed by atoms with E-state index in [0.717, 1.165) is 12.3 Å². The molecule has 2 aromatic heterocycles. The highest BCUT2D eigenvalue weighted by atomic mass is 32.2.